The van der Waals surface area contributed by atoms with Gasteiger partial charge in [0.25, 0.3) is 0 Å². The summed E-state index contributed by atoms with van der Waals surface area (Å²) < 4.78 is 10.4. The minimum atomic E-state index is -0.369. The molecule has 4 nitrogen and oxygen atoms in total. The average Bonchev–Trinajstić information content (AvgIpc) is 2.46. The highest BCUT2D eigenvalue weighted by molar-refractivity contribution is 6.02. The lowest BCUT2D eigenvalue weighted by Crippen LogP contribution is -2.41. The monoisotopic (exact) mass is 306 g/mol. The second-order valence-electron chi connectivity index (χ2n) is 6.41. The largest absolute Gasteiger partial charge is 0.463 e. The molecule has 0 aromatic carbocycles. The fourth-order valence-electron chi connectivity index (χ4n) is 3.84. The van der Waals surface area contributed by atoms with E-state index < -0.39 is 0 Å². The Morgan fingerprint density at radius 2 is 1.68 bits per heavy atom. The Balaban J connectivity index is 2.51. The lowest BCUT2D eigenvalue weighted by molar-refractivity contribution is -0.143. The first kappa shape index (κ1) is 16.8. The maximum Gasteiger partial charge on any atom is 0.335 e. The van der Waals surface area contributed by atoms with Crippen molar-refractivity contribution in [3.8, 4) is 0 Å². The van der Waals surface area contributed by atoms with E-state index in [9.17, 15) is 9.59 Å². The highest BCUT2D eigenvalue weighted by Crippen LogP contribution is 2.50. The van der Waals surface area contributed by atoms with Crippen molar-refractivity contribution in [1.82, 2.24) is 0 Å². The molecule has 4 heteroatoms. The van der Waals surface area contributed by atoms with E-state index in [0.29, 0.717) is 36.2 Å². The molecule has 3 aliphatic rings. The number of esters is 2. The number of carbonyl (C=O) groups is 2. The van der Waals surface area contributed by atoms with Crippen LogP contribution in [0.4, 0.5) is 0 Å². The first-order valence-corrected chi connectivity index (χ1v) is 8.18. The molecule has 22 heavy (non-hydrogen) atoms. The van der Waals surface area contributed by atoms with Gasteiger partial charge in [0.15, 0.2) is 0 Å². The van der Waals surface area contributed by atoms with E-state index in [4.69, 9.17) is 9.47 Å². The lowest BCUT2D eigenvalue weighted by atomic mass is 9.59. The molecule has 0 aliphatic heterocycles. The molecule has 3 aliphatic carbocycles. The molecule has 3 atom stereocenters. The van der Waals surface area contributed by atoms with Crippen LogP contribution >= 0.6 is 0 Å². The van der Waals surface area contributed by atoms with E-state index in [2.05, 4.69) is 19.9 Å². The van der Waals surface area contributed by atoms with Gasteiger partial charge in [0.2, 0.25) is 0 Å². The molecule has 3 rings (SSSR count). The third-order valence-corrected chi connectivity index (χ3v) is 4.73. The van der Waals surface area contributed by atoms with Crippen LogP contribution in [0.1, 0.15) is 41.0 Å². The fourth-order valence-corrected chi connectivity index (χ4v) is 3.84. The topological polar surface area (TPSA) is 52.6 Å². The Morgan fingerprint density at radius 1 is 1.14 bits per heavy atom. The summed E-state index contributed by atoms with van der Waals surface area (Å²) >= 11 is 0. The van der Waals surface area contributed by atoms with E-state index in [-0.39, 0.29) is 23.8 Å². The molecule has 0 N–H and O–H groups in total. The molecular formula is C18H26O4. The van der Waals surface area contributed by atoms with E-state index in [1.807, 2.05) is 6.92 Å². The smallest absolute Gasteiger partial charge is 0.335 e. The Kier molecular flexibility index (Phi) is 5.09. The summed E-state index contributed by atoms with van der Waals surface area (Å²) in [6.07, 6.45) is 3.02. The van der Waals surface area contributed by atoms with Crippen LogP contribution in [-0.4, -0.2) is 25.2 Å². The number of allylic oxidation sites excluding steroid dienone is 2. The molecule has 0 aromatic heterocycles. The van der Waals surface area contributed by atoms with Gasteiger partial charge in [-0.15, -0.1) is 0 Å². The van der Waals surface area contributed by atoms with Crippen LogP contribution in [0.25, 0.3) is 0 Å². The van der Waals surface area contributed by atoms with Crippen LogP contribution in [0.15, 0.2) is 22.8 Å². The minimum absolute atomic E-state index is 0.0246. The molecule has 0 aromatic rings. The molecule has 0 fully saturated rings. The van der Waals surface area contributed by atoms with Crippen molar-refractivity contribution in [3.05, 3.63) is 22.8 Å². The summed E-state index contributed by atoms with van der Waals surface area (Å²) in [5, 5.41) is 0. The summed E-state index contributed by atoms with van der Waals surface area (Å²) in [5.41, 5.74) is 2.23. The number of hydrogen-bond donors (Lipinski definition) is 0. The molecule has 0 radical (unpaired) electrons. The molecule has 3 unspecified atom stereocenters. The van der Waals surface area contributed by atoms with Crippen molar-refractivity contribution < 1.29 is 19.1 Å². The lowest BCUT2D eigenvalue weighted by Gasteiger charge is -2.44. The highest BCUT2D eigenvalue weighted by atomic mass is 16.5. The molecule has 2 bridgehead atoms. The molecule has 0 saturated carbocycles. The maximum absolute atomic E-state index is 12.5. The molecule has 122 valence electrons. The minimum Gasteiger partial charge on any atom is -0.463 e. The number of fused-ring (bicyclic) bond motifs is 1. The molecule has 0 heterocycles. The summed E-state index contributed by atoms with van der Waals surface area (Å²) in [5.74, 6) is 0.0288. The molecule has 0 spiro atoms. The second-order valence-corrected chi connectivity index (χ2v) is 6.41. The van der Waals surface area contributed by atoms with E-state index in [1.54, 1.807) is 13.8 Å². The van der Waals surface area contributed by atoms with Gasteiger partial charge in [-0.2, -0.15) is 0 Å². The van der Waals surface area contributed by atoms with Gasteiger partial charge in [0, 0.05) is 11.8 Å². The molecule has 0 saturated heterocycles. The summed E-state index contributed by atoms with van der Waals surface area (Å²) in [6, 6.07) is 0. The van der Waals surface area contributed by atoms with Crippen LogP contribution in [-0.2, 0) is 19.1 Å². The third-order valence-electron chi connectivity index (χ3n) is 4.73. The third kappa shape index (κ3) is 2.83. The van der Waals surface area contributed by atoms with Crippen molar-refractivity contribution >= 4 is 11.9 Å². The Labute approximate surface area is 132 Å². The number of carbonyl (C=O) groups excluding carboxylic acids is 2. The van der Waals surface area contributed by atoms with Gasteiger partial charge >= 0.3 is 11.9 Å². The Hall–Kier alpha value is -1.58. The van der Waals surface area contributed by atoms with Crippen molar-refractivity contribution in [1.29, 1.82) is 0 Å². The van der Waals surface area contributed by atoms with Crippen molar-refractivity contribution in [2.75, 3.05) is 13.2 Å². The van der Waals surface area contributed by atoms with E-state index >= 15 is 0 Å². The van der Waals surface area contributed by atoms with Gasteiger partial charge in [0.1, 0.15) is 0 Å². The van der Waals surface area contributed by atoms with Crippen molar-refractivity contribution in [2.24, 2.45) is 23.7 Å². The van der Waals surface area contributed by atoms with E-state index in [1.165, 1.54) is 5.57 Å². The van der Waals surface area contributed by atoms with Gasteiger partial charge < -0.3 is 9.47 Å². The number of rotatable bonds is 5. The van der Waals surface area contributed by atoms with Crippen LogP contribution in [0.3, 0.4) is 0 Å². The van der Waals surface area contributed by atoms with Crippen molar-refractivity contribution in [2.45, 2.75) is 41.0 Å². The number of hydrogen-bond acceptors (Lipinski definition) is 4. The quantitative estimate of drug-likeness (QED) is 0.578. The Morgan fingerprint density at radius 3 is 2.18 bits per heavy atom. The first-order chi connectivity index (χ1) is 10.4. The zero-order valence-corrected chi connectivity index (χ0v) is 14.1. The fraction of sp³-hybridized carbons (Fsp3) is 0.667. The summed E-state index contributed by atoms with van der Waals surface area (Å²) in [6.45, 7) is 10.6. The second kappa shape index (κ2) is 6.67. The predicted molar refractivity (Wildman–Crippen MR) is 84.0 cm³/mol. The summed E-state index contributed by atoms with van der Waals surface area (Å²) in [7, 11) is 0. The Bertz CT molecular complexity index is 527. The maximum atomic E-state index is 12.5. The SMILES string of the molecule is CCOC(=O)C1=C(C(=O)OCC)C2C(C)=CC1CC2C(C)C. The van der Waals surface area contributed by atoms with Gasteiger partial charge in [0.05, 0.1) is 24.4 Å². The van der Waals surface area contributed by atoms with Crippen LogP contribution < -0.4 is 0 Å². The van der Waals surface area contributed by atoms with Crippen LogP contribution in [0, 0.1) is 23.7 Å². The van der Waals surface area contributed by atoms with Crippen molar-refractivity contribution in [3.63, 3.8) is 0 Å². The highest BCUT2D eigenvalue weighted by Gasteiger charge is 2.47. The van der Waals surface area contributed by atoms with Crippen LogP contribution in [0.5, 0.6) is 0 Å². The molecular weight excluding hydrogens is 280 g/mol. The average molecular weight is 306 g/mol. The van der Waals surface area contributed by atoms with Crippen LogP contribution in [0.2, 0.25) is 0 Å². The standard InChI is InChI=1S/C18H26O4/c1-6-21-17(19)15-12-8-11(5)14(13(9-12)10(3)4)16(15)18(20)22-7-2/h8,10,12-14H,6-7,9H2,1-5H3. The van der Waals surface area contributed by atoms with E-state index in [0.717, 1.165) is 6.42 Å². The number of ether oxygens (including phenoxy) is 2. The molecule has 0 amide bonds. The zero-order chi connectivity index (χ0) is 16.4. The first-order valence-electron chi connectivity index (χ1n) is 8.18. The van der Waals surface area contributed by atoms with Gasteiger partial charge in [-0.25, -0.2) is 9.59 Å². The normalized spacial score (nSPS) is 27.0. The van der Waals surface area contributed by atoms with Gasteiger partial charge in [-0.3, -0.25) is 0 Å². The van der Waals surface area contributed by atoms with Gasteiger partial charge in [-0.05, 0) is 39.0 Å². The zero-order valence-electron chi connectivity index (χ0n) is 14.1. The summed E-state index contributed by atoms with van der Waals surface area (Å²) in [4.78, 5) is 24.9. The predicted octanol–water partition coefficient (Wildman–Crippen LogP) is 3.28. The van der Waals surface area contributed by atoms with Gasteiger partial charge in [-0.1, -0.05) is 25.5 Å².